The van der Waals surface area contributed by atoms with Crippen molar-refractivity contribution in [1.82, 2.24) is 29.1 Å². The van der Waals surface area contributed by atoms with Gasteiger partial charge in [-0.25, -0.2) is 9.48 Å². The van der Waals surface area contributed by atoms with E-state index in [0.717, 1.165) is 9.25 Å². The molecular formula is C25H26Cl2F3N7O2. The van der Waals surface area contributed by atoms with Gasteiger partial charge in [0.15, 0.2) is 17.8 Å². The minimum absolute atomic E-state index is 0.0726. The molecule has 0 bridgehead atoms. The molecule has 0 amide bonds. The first-order valence-corrected chi connectivity index (χ1v) is 12.6. The number of aliphatic hydroxyl groups excluding tert-OH is 1. The number of nitrogens with zero attached hydrogens (tertiary/aromatic N) is 6. The number of halogens is 5. The number of alkyl halides is 3. The Morgan fingerprint density at radius 2 is 1.69 bits per heavy atom. The molecule has 4 rings (SSSR count). The van der Waals surface area contributed by atoms with E-state index in [0.29, 0.717) is 33.8 Å². The van der Waals surface area contributed by atoms with E-state index >= 15 is 0 Å². The highest BCUT2D eigenvalue weighted by Gasteiger charge is 2.39. The Morgan fingerprint density at radius 1 is 1.03 bits per heavy atom. The van der Waals surface area contributed by atoms with Gasteiger partial charge < -0.3 is 10.4 Å². The minimum atomic E-state index is -4.93. The fraction of sp³-hybridized carbons (Fsp3) is 0.360. The predicted molar refractivity (Wildman–Crippen MR) is 142 cm³/mol. The van der Waals surface area contributed by atoms with Crippen molar-refractivity contribution in [3.63, 3.8) is 0 Å². The molecule has 1 atom stereocenters. The van der Waals surface area contributed by atoms with Crippen LogP contribution in [0.5, 0.6) is 0 Å². The zero-order chi connectivity index (χ0) is 28.5. The van der Waals surface area contributed by atoms with E-state index in [-0.39, 0.29) is 23.6 Å². The Kier molecular flexibility index (Phi) is 8.10. The number of aromatic nitrogens is 6. The second-order valence-corrected chi connectivity index (χ2v) is 10.9. The van der Waals surface area contributed by atoms with Gasteiger partial charge >= 0.3 is 11.9 Å². The largest absolute Gasteiger partial charge is 0.416 e. The lowest BCUT2D eigenvalue weighted by molar-refractivity contribution is -0.207. The van der Waals surface area contributed by atoms with E-state index in [9.17, 15) is 23.1 Å². The number of hydrogen-bond acceptors (Lipinski definition) is 6. The lowest BCUT2D eigenvalue weighted by Crippen LogP contribution is -2.37. The molecular weight excluding hydrogens is 558 g/mol. The fourth-order valence-corrected chi connectivity index (χ4v) is 3.95. The Morgan fingerprint density at radius 3 is 2.31 bits per heavy atom. The summed E-state index contributed by atoms with van der Waals surface area (Å²) in [6, 6.07) is 13.1. The average Bonchev–Trinajstić information content (AvgIpc) is 3.39. The summed E-state index contributed by atoms with van der Waals surface area (Å²) < 4.78 is 42.7. The molecule has 14 heteroatoms. The van der Waals surface area contributed by atoms with Crippen LogP contribution < -0.4 is 11.0 Å². The van der Waals surface area contributed by atoms with Crippen molar-refractivity contribution in [2.45, 2.75) is 46.1 Å². The summed E-state index contributed by atoms with van der Waals surface area (Å²) >= 11 is 12.3. The normalized spacial score (nSPS) is 13.1. The van der Waals surface area contributed by atoms with E-state index in [1.54, 1.807) is 24.3 Å². The van der Waals surface area contributed by atoms with Crippen molar-refractivity contribution in [3.8, 4) is 17.1 Å². The molecule has 208 valence electrons. The van der Waals surface area contributed by atoms with Crippen molar-refractivity contribution in [2.75, 3.05) is 11.9 Å². The molecule has 0 aliphatic heterocycles. The highest BCUT2D eigenvalue weighted by molar-refractivity contribution is 6.32. The maximum atomic E-state index is 13.2. The quantitative estimate of drug-likeness (QED) is 0.301. The number of nitrogens with one attached hydrogen (secondary N) is 1. The van der Waals surface area contributed by atoms with Crippen LogP contribution in [-0.4, -0.2) is 53.0 Å². The highest BCUT2D eigenvalue weighted by atomic mass is 35.5. The average molecular weight is 584 g/mol. The molecule has 2 heterocycles. The monoisotopic (exact) mass is 583 g/mol. The molecule has 39 heavy (non-hydrogen) atoms. The van der Waals surface area contributed by atoms with E-state index in [1.807, 2.05) is 20.8 Å². The van der Waals surface area contributed by atoms with Gasteiger partial charge in [-0.2, -0.15) is 22.8 Å². The fourth-order valence-electron chi connectivity index (χ4n) is 3.60. The Bertz CT molecular complexity index is 1510. The lowest BCUT2D eigenvalue weighted by atomic mass is 9.97. The molecule has 4 aromatic rings. The van der Waals surface area contributed by atoms with Crippen molar-refractivity contribution >= 4 is 29.2 Å². The van der Waals surface area contributed by atoms with Crippen LogP contribution in [0.2, 0.25) is 10.0 Å². The maximum absolute atomic E-state index is 13.2. The molecule has 0 spiro atoms. The third-order valence-corrected chi connectivity index (χ3v) is 6.13. The topological polar surface area (TPSA) is 103 Å². The van der Waals surface area contributed by atoms with Gasteiger partial charge in [-0.1, -0.05) is 56.1 Å². The van der Waals surface area contributed by atoms with Crippen LogP contribution in [0.4, 0.5) is 19.1 Å². The van der Waals surface area contributed by atoms with Gasteiger partial charge in [-0.3, -0.25) is 4.57 Å². The summed E-state index contributed by atoms with van der Waals surface area (Å²) in [5.41, 5.74) is -0.0875. The number of aliphatic hydroxyl groups is 1. The van der Waals surface area contributed by atoms with Gasteiger partial charge in [0.25, 0.3) is 0 Å². The summed E-state index contributed by atoms with van der Waals surface area (Å²) in [5.74, 6) is 0.458. The molecule has 0 fully saturated rings. The minimum Gasteiger partial charge on any atom is -0.382 e. The van der Waals surface area contributed by atoms with Gasteiger partial charge in [-0.05, 0) is 41.8 Å². The van der Waals surface area contributed by atoms with E-state index in [4.69, 9.17) is 23.2 Å². The molecule has 0 saturated carbocycles. The molecule has 2 aromatic carbocycles. The van der Waals surface area contributed by atoms with Crippen molar-refractivity contribution < 1.29 is 18.3 Å². The van der Waals surface area contributed by atoms with Gasteiger partial charge in [-0.15, -0.1) is 10.2 Å². The van der Waals surface area contributed by atoms with Crippen LogP contribution in [0.25, 0.3) is 17.1 Å². The standard InChI is InChI=1S/C25H26Cl2F3N7O2/c1-24(2,3)14-31-22-32-20(33-37(22)18-7-5-4-6-17(18)27)13-36-23(39)35(12-19(38)25(28,29)30)21(34-36)15-8-10-16(26)11-9-15/h4-11,19,38H,12-14H2,1-3H3,(H,31,32,33)/t19-/m0/s1. The van der Waals surface area contributed by atoms with E-state index in [2.05, 4.69) is 20.5 Å². The molecule has 0 unspecified atom stereocenters. The Labute approximate surface area is 231 Å². The second kappa shape index (κ2) is 11.0. The third kappa shape index (κ3) is 6.81. The number of hydrogen-bond donors (Lipinski definition) is 2. The molecule has 9 nitrogen and oxygen atoms in total. The lowest BCUT2D eigenvalue weighted by Gasteiger charge is -2.19. The molecule has 2 aromatic heterocycles. The molecule has 2 N–H and O–H groups in total. The molecule has 0 aliphatic rings. The number of para-hydroxylation sites is 1. The predicted octanol–water partition coefficient (Wildman–Crippen LogP) is 5.03. The molecule has 0 saturated heterocycles. The first-order valence-electron chi connectivity index (χ1n) is 11.9. The van der Waals surface area contributed by atoms with Crippen molar-refractivity contribution in [3.05, 3.63) is 74.9 Å². The first-order chi connectivity index (χ1) is 18.2. The van der Waals surface area contributed by atoms with E-state index < -0.39 is 24.5 Å². The second-order valence-electron chi connectivity index (χ2n) is 10.1. The first kappa shape index (κ1) is 28.7. The van der Waals surface area contributed by atoms with Crippen LogP contribution >= 0.6 is 23.2 Å². The van der Waals surface area contributed by atoms with Crippen LogP contribution in [-0.2, 0) is 13.1 Å². The maximum Gasteiger partial charge on any atom is 0.416 e. The van der Waals surface area contributed by atoms with Gasteiger partial charge in [0, 0.05) is 17.1 Å². The zero-order valence-corrected chi connectivity index (χ0v) is 22.8. The third-order valence-electron chi connectivity index (χ3n) is 5.56. The SMILES string of the molecule is CC(C)(C)CNc1nc(Cn2nc(-c3ccc(Cl)cc3)n(C[C@H](O)C(F)(F)F)c2=O)nn1-c1ccccc1Cl. The Balaban J connectivity index is 1.76. The van der Waals surface area contributed by atoms with Crippen LogP contribution in [0.1, 0.15) is 26.6 Å². The van der Waals surface area contributed by atoms with Crippen molar-refractivity contribution in [1.29, 1.82) is 0 Å². The number of rotatable bonds is 8. The van der Waals surface area contributed by atoms with Crippen molar-refractivity contribution in [2.24, 2.45) is 5.41 Å². The van der Waals surface area contributed by atoms with Gasteiger partial charge in [0.1, 0.15) is 6.54 Å². The van der Waals surface area contributed by atoms with Crippen LogP contribution in [0.15, 0.2) is 53.3 Å². The van der Waals surface area contributed by atoms with Gasteiger partial charge in [0.2, 0.25) is 5.95 Å². The summed E-state index contributed by atoms with van der Waals surface area (Å²) in [6.45, 7) is 5.36. The summed E-state index contributed by atoms with van der Waals surface area (Å²) in [7, 11) is 0. The van der Waals surface area contributed by atoms with Crippen LogP contribution in [0, 0.1) is 5.41 Å². The zero-order valence-electron chi connectivity index (χ0n) is 21.2. The van der Waals surface area contributed by atoms with Gasteiger partial charge in [0.05, 0.1) is 17.3 Å². The summed E-state index contributed by atoms with van der Waals surface area (Å²) in [6.07, 6.45) is -7.70. The molecule has 0 radical (unpaired) electrons. The summed E-state index contributed by atoms with van der Waals surface area (Å²) in [4.78, 5) is 17.7. The summed E-state index contributed by atoms with van der Waals surface area (Å²) in [5, 5.41) is 22.5. The smallest absolute Gasteiger partial charge is 0.382 e. The molecule has 0 aliphatic carbocycles. The number of benzene rings is 2. The van der Waals surface area contributed by atoms with E-state index in [1.165, 1.54) is 28.9 Å². The van der Waals surface area contributed by atoms with Crippen LogP contribution in [0.3, 0.4) is 0 Å². The highest BCUT2D eigenvalue weighted by Crippen LogP contribution is 2.26. The number of anilines is 1. The Hall–Kier alpha value is -3.35.